The molecule has 1 saturated heterocycles. The van der Waals surface area contributed by atoms with Gasteiger partial charge in [-0.3, -0.25) is 14.5 Å². The molecule has 112 valence electrons. The van der Waals surface area contributed by atoms with Crippen molar-refractivity contribution in [2.45, 2.75) is 19.0 Å². The summed E-state index contributed by atoms with van der Waals surface area (Å²) in [5.74, 6) is -0.359. The number of anilines is 1. The summed E-state index contributed by atoms with van der Waals surface area (Å²) in [7, 11) is 0. The Kier molecular flexibility index (Phi) is 4.11. The number of halogens is 1. The Morgan fingerprint density at radius 1 is 1.09 bits per heavy atom. The Labute approximate surface area is 133 Å². The molecule has 1 atom stereocenters. The van der Waals surface area contributed by atoms with Gasteiger partial charge in [-0.05, 0) is 23.8 Å². The monoisotopic (exact) mass is 314 g/mol. The summed E-state index contributed by atoms with van der Waals surface area (Å²) >= 11 is 5.93. The predicted octanol–water partition coefficient (Wildman–Crippen LogP) is 3.08. The van der Waals surface area contributed by atoms with Gasteiger partial charge in [-0.25, -0.2) is 0 Å². The van der Waals surface area contributed by atoms with E-state index in [9.17, 15) is 9.59 Å². The molecule has 0 saturated carbocycles. The molecule has 1 heterocycles. The van der Waals surface area contributed by atoms with Crippen molar-refractivity contribution in [3.8, 4) is 0 Å². The van der Waals surface area contributed by atoms with Gasteiger partial charge >= 0.3 is 0 Å². The number of likely N-dealkylation sites (tertiary alicyclic amines) is 1. The first-order valence-electron chi connectivity index (χ1n) is 7.04. The lowest BCUT2D eigenvalue weighted by atomic mass is 10.2. The fourth-order valence-corrected chi connectivity index (χ4v) is 2.70. The van der Waals surface area contributed by atoms with Crippen LogP contribution in [0.2, 0.25) is 5.02 Å². The average molecular weight is 315 g/mol. The van der Waals surface area contributed by atoms with Gasteiger partial charge in [0.2, 0.25) is 5.91 Å². The Bertz CT molecular complexity index is 703. The Balaban J connectivity index is 1.71. The number of hydrogen-bond acceptors (Lipinski definition) is 3. The first kappa shape index (κ1) is 14.6. The summed E-state index contributed by atoms with van der Waals surface area (Å²) < 4.78 is 0. The zero-order valence-corrected chi connectivity index (χ0v) is 12.6. The van der Waals surface area contributed by atoms with Crippen molar-refractivity contribution < 1.29 is 9.59 Å². The average Bonchev–Trinajstić information content (AvgIpc) is 2.76. The second-order valence-electron chi connectivity index (χ2n) is 5.22. The number of nitrogens with one attached hydrogen (secondary N) is 1. The number of rotatable bonds is 4. The molecular weight excluding hydrogens is 300 g/mol. The van der Waals surface area contributed by atoms with Gasteiger partial charge in [-0.15, -0.1) is 0 Å². The molecular formula is C17H15ClN2O2. The van der Waals surface area contributed by atoms with Gasteiger partial charge in [0.05, 0.1) is 13.0 Å². The summed E-state index contributed by atoms with van der Waals surface area (Å²) in [6.07, 6.45) is 0.165. The highest BCUT2D eigenvalue weighted by Gasteiger charge is 2.38. The zero-order chi connectivity index (χ0) is 15.5. The Morgan fingerprint density at radius 3 is 2.59 bits per heavy atom. The van der Waals surface area contributed by atoms with Crippen LogP contribution < -0.4 is 5.32 Å². The van der Waals surface area contributed by atoms with Crippen LogP contribution in [0.15, 0.2) is 54.6 Å². The summed E-state index contributed by atoms with van der Waals surface area (Å²) in [4.78, 5) is 25.8. The number of benzene rings is 2. The van der Waals surface area contributed by atoms with Crippen molar-refractivity contribution in [3.63, 3.8) is 0 Å². The molecule has 5 heteroatoms. The van der Waals surface area contributed by atoms with Gasteiger partial charge in [-0.2, -0.15) is 0 Å². The quantitative estimate of drug-likeness (QED) is 0.882. The molecule has 0 aromatic heterocycles. The molecule has 3 rings (SSSR count). The topological polar surface area (TPSA) is 49.4 Å². The third-order valence-corrected chi connectivity index (χ3v) is 3.83. The number of amides is 2. The highest BCUT2D eigenvalue weighted by Crippen LogP contribution is 2.22. The van der Waals surface area contributed by atoms with Crippen LogP contribution in [0.5, 0.6) is 0 Å². The van der Waals surface area contributed by atoms with Gasteiger partial charge < -0.3 is 5.32 Å². The standard InChI is InChI=1S/C17H15ClN2O2/c18-13-7-4-8-14(9-13)19-15-10-16(21)20(17(15)22)11-12-5-2-1-3-6-12/h1-9,15,19H,10-11H2/t15-/m0/s1. The normalized spacial score (nSPS) is 17.9. The van der Waals surface area contributed by atoms with Crippen LogP contribution in [-0.4, -0.2) is 22.8 Å². The van der Waals surface area contributed by atoms with Crippen molar-refractivity contribution in [2.75, 3.05) is 5.32 Å². The number of carbonyl (C=O) groups excluding carboxylic acids is 2. The summed E-state index contributed by atoms with van der Waals surface area (Å²) in [5.41, 5.74) is 1.67. The largest absolute Gasteiger partial charge is 0.373 e. The van der Waals surface area contributed by atoms with Gasteiger partial charge in [0.15, 0.2) is 0 Å². The molecule has 2 aromatic rings. The Hall–Kier alpha value is -2.33. The minimum absolute atomic E-state index is 0.159. The molecule has 0 spiro atoms. The van der Waals surface area contributed by atoms with Crippen LogP contribution in [0.4, 0.5) is 5.69 Å². The fourth-order valence-electron chi connectivity index (χ4n) is 2.51. The highest BCUT2D eigenvalue weighted by molar-refractivity contribution is 6.30. The molecule has 1 N–H and O–H groups in total. The molecule has 22 heavy (non-hydrogen) atoms. The molecule has 0 unspecified atom stereocenters. The first-order valence-corrected chi connectivity index (χ1v) is 7.41. The number of imide groups is 1. The second-order valence-corrected chi connectivity index (χ2v) is 5.65. The van der Waals surface area contributed by atoms with Crippen LogP contribution in [0, 0.1) is 0 Å². The van der Waals surface area contributed by atoms with Crippen LogP contribution >= 0.6 is 11.6 Å². The fraction of sp³-hybridized carbons (Fsp3) is 0.176. The van der Waals surface area contributed by atoms with Crippen molar-refractivity contribution in [1.29, 1.82) is 0 Å². The molecule has 0 aliphatic carbocycles. The maximum Gasteiger partial charge on any atom is 0.252 e. The molecule has 0 radical (unpaired) electrons. The van der Waals surface area contributed by atoms with Gasteiger partial charge in [-0.1, -0.05) is 48.0 Å². The van der Waals surface area contributed by atoms with E-state index in [1.165, 1.54) is 4.90 Å². The Morgan fingerprint density at radius 2 is 1.86 bits per heavy atom. The third-order valence-electron chi connectivity index (χ3n) is 3.59. The van der Waals surface area contributed by atoms with Crippen molar-refractivity contribution in [2.24, 2.45) is 0 Å². The number of carbonyl (C=O) groups is 2. The summed E-state index contributed by atoms with van der Waals surface area (Å²) in [5, 5.41) is 3.67. The lowest BCUT2D eigenvalue weighted by Gasteiger charge is -2.16. The molecule has 2 amide bonds. The molecule has 1 fully saturated rings. The van der Waals surface area contributed by atoms with Crippen molar-refractivity contribution >= 4 is 29.1 Å². The van der Waals surface area contributed by atoms with Gasteiger partial charge in [0, 0.05) is 10.7 Å². The van der Waals surface area contributed by atoms with Crippen LogP contribution in [0.1, 0.15) is 12.0 Å². The van der Waals surface area contributed by atoms with E-state index in [0.717, 1.165) is 11.3 Å². The number of nitrogens with zero attached hydrogens (tertiary/aromatic N) is 1. The van der Waals surface area contributed by atoms with Gasteiger partial charge in [0.1, 0.15) is 6.04 Å². The highest BCUT2D eigenvalue weighted by atomic mass is 35.5. The van der Waals surface area contributed by atoms with Crippen molar-refractivity contribution in [3.05, 3.63) is 65.2 Å². The maximum atomic E-state index is 12.4. The zero-order valence-electron chi connectivity index (χ0n) is 11.8. The van der Waals surface area contributed by atoms with Crippen LogP contribution in [0.25, 0.3) is 0 Å². The predicted molar refractivity (Wildman–Crippen MR) is 85.5 cm³/mol. The minimum Gasteiger partial charge on any atom is -0.373 e. The summed E-state index contributed by atoms with van der Waals surface area (Å²) in [6.45, 7) is 0.312. The molecule has 4 nitrogen and oxygen atoms in total. The van der Waals surface area contributed by atoms with Crippen LogP contribution in [-0.2, 0) is 16.1 Å². The SMILES string of the molecule is O=C1C[C@H](Nc2cccc(Cl)c2)C(=O)N1Cc1ccccc1. The molecule has 1 aliphatic rings. The second kappa shape index (κ2) is 6.20. The van der Waals surface area contributed by atoms with E-state index in [2.05, 4.69) is 5.32 Å². The van der Waals surface area contributed by atoms with E-state index in [1.54, 1.807) is 18.2 Å². The smallest absolute Gasteiger partial charge is 0.252 e. The molecule has 1 aliphatic heterocycles. The van der Waals surface area contributed by atoms with E-state index < -0.39 is 6.04 Å². The number of hydrogen-bond donors (Lipinski definition) is 1. The summed E-state index contributed by atoms with van der Waals surface area (Å²) in [6, 6.07) is 16.1. The van der Waals surface area contributed by atoms with E-state index in [4.69, 9.17) is 11.6 Å². The van der Waals surface area contributed by atoms with E-state index in [0.29, 0.717) is 11.6 Å². The lowest BCUT2D eigenvalue weighted by molar-refractivity contribution is -0.139. The van der Waals surface area contributed by atoms with Crippen LogP contribution in [0.3, 0.4) is 0 Å². The van der Waals surface area contributed by atoms with E-state index in [1.807, 2.05) is 36.4 Å². The maximum absolute atomic E-state index is 12.4. The van der Waals surface area contributed by atoms with E-state index in [-0.39, 0.29) is 18.2 Å². The van der Waals surface area contributed by atoms with Crippen molar-refractivity contribution in [1.82, 2.24) is 4.90 Å². The van der Waals surface area contributed by atoms with E-state index >= 15 is 0 Å². The molecule has 2 aromatic carbocycles. The first-order chi connectivity index (χ1) is 10.6. The third kappa shape index (κ3) is 3.12. The molecule has 0 bridgehead atoms. The minimum atomic E-state index is -0.533. The lowest BCUT2D eigenvalue weighted by Crippen LogP contribution is -2.34. The van der Waals surface area contributed by atoms with Gasteiger partial charge in [0.25, 0.3) is 5.91 Å².